The summed E-state index contributed by atoms with van der Waals surface area (Å²) in [5.41, 5.74) is 14.2. The number of aliphatic hydroxyl groups excluding tert-OH is 1. The lowest BCUT2D eigenvalue weighted by atomic mass is 9.96. The van der Waals surface area contributed by atoms with Crippen molar-refractivity contribution < 1.29 is 43.1 Å². The number of hydrogen-bond acceptors (Lipinski definition) is 10. The lowest BCUT2D eigenvalue weighted by Crippen LogP contribution is -2.62. The van der Waals surface area contributed by atoms with E-state index in [1.165, 1.54) is 6.08 Å². The van der Waals surface area contributed by atoms with Crippen LogP contribution in [0.5, 0.6) is 0 Å². The van der Waals surface area contributed by atoms with Crippen LogP contribution in [0.15, 0.2) is 96.6 Å². The minimum Gasteiger partial charge on any atom is -0.460 e. The van der Waals surface area contributed by atoms with Crippen molar-refractivity contribution >= 4 is 12.1 Å². The summed E-state index contributed by atoms with van der Waals surface area (Å²) in [6.45, 7) is 3.06. The maximum Gasteiger partial charge on any atom is 0.407 e. The lowest BCUT2D eigenvalue weighted by molar-refractivity contribution is -0.342. The fraction of sp³-hybridized carbons (Fsp3) is 0.353. The number of alkyl carbamates (subject to hydrolysis) is 1. The van der Waals surface area contributed by atoms with Crippen LogP contribution in [0.4, 0.5) is 4.79 Å². The van der Waals surface area contributed by atoms with Crippen molar-refractivity contribution in [3.8, 4) is 11.1 Å². The zero-order valence-corrected chi connectivity index (χ0v) is 25.3. The smallest absolute Gasteiger partial charge is 0.407 e. The Morgan fingerprint density at radius 2 is 1.70 bits per heavy atom. The van der Waals surface area contributed by atoms with Crippen LogP contribution >= 0.6 is 0 Å². The number of carbonyl (C=O) groups is 2. The number of nitrogens with one attached hydrogen (secondary N) is 1. The molecule has 7 atom stereocenters. The summed E-state index contributed by atoms with van der Waals surface area (Å²) in [6.07, 6.45) is -4.54. The molecule has 47 heavy (non-hydrogen) atoms. The molecule has 3 aliphatic rings. The number of benzene rings is 3. The van der Waals surface area contributed by atoms with E-state index in [9.17, 15) is 20.2 Å². The van der Waals surface area contributed by atoms with Crippen molar-refractivity contribution in [2.24, 2.45) is 5.11 Å². The Kier molecular flexibility index (Phi) is 10.1. The third kappa shape index (κ3) is 7.00. The van der Waals surface area contributed by atoms with Crippen LogP contribution in [0, 0.1) is 0 Å². The molecule has 244 valence electrons. The summed E-state index contributed by atoms with van der Waals surface area (Å²) in [6, 6.07) is 22.4. The molecule has 2 N–H and O–H groups in total. The van der Waals surface area contributed by atoms with E-state index in [-0.39, 0.29) is 25.7 Å². The van der Waals surface area contributed by atoms with Crippen molar-refractivity contribution in [1.82, 2.24) is 5.32 Å². The van der Waals surface area contributed by atoms with Gasteiger partial charge in [-0.3, -0.25) is 0 Å². The topological polar surface area (TPSA) is 171 Å². The first-order chi connectivity index (χ1) is 23.0. The maximum atomic E-state index is 13.0. The predicted octanol–water partition coefficient (Wildman–Crippen LogP) is 4.52. The van der Waals surface area contributed by atoms with E-state index in [1.54, 1.807) is 0 Å². The monoisotopic (exact) mass is 642 g/mol. The van der Waals surface area contributed by atoms with Gasteiger partial charge in [-0.25, -0.2) is 9.59 Å². The number of amides is 1. The van der Waals surface area contributed by atoms with Gasteiger partial charge in [0.25, 0.3) is 0 Å². The average molecular weight is 643 g/mol. The molecule has 0 spiro atoms. The van der Waals surface area contributed by atoms with Gasteiger partial charge in [0.2, 0.25) is 0 Å². The van der Waals surface area contributed by atoms with Crippen LogP contribution in [0.25, 0.3) is 21.6 Å². The van der Waals surface area contributed by atoms with E-state index in [0.29, 0.717) is 0 Å². The second kappa shape index (κ2) is 14.8. The molecule has 0 aromatic heterocycles. The molecular weight excluding hydrogens is 608 g/mol. The average Bonchev–Trinajstić information content (AvgIpc) is 3.43. The van der Waals surface area contributed by atoms with Crippen LogP contribution in [-0.4, -0.2) is 80.3 Å². The molecule has 1 unspecified atom stereocenters. The third-order valence-electron chi connectivity index (χ3n) is 8.28. The highest BCUT2D eigenvalue weighted by Gasteiger charge is 2.50. The Morgan fingerprint density at radius 1 is 1.02 bits per heavy atom. The number of hydrogen-bond donors (Lipinski definition) is 2. The van der Waals surface area contributed by atoms with Gasteiger partial charge in [-0.15, -0.1) is 0 Å². The molecule has 2 aliphatic heterocycles. The van der Waals surface area contributed by atoms with Gasteiger partial charge in [-0.05, 0) is 27.8 Å². The predicted molar refractivity (Wildman–Crippen MR) is 167 cm³/mol. The Morgan fingerprint density at radius 3 is 2.38 bits per heavy atom. The van der Waals surface area contributed by atoms with E-state index >= 15 is 0 Å². The molecule has 2 saturated heterocycles. The molecular formula is C34H34N4O9. The second-order valence-electron chi connectivity index (χ2n) is 11.2. The van der Waals surface area contributed by atoms with E-state index in [1.807, 2.05) is 78.9 Å². The number of carbonyl (C=O) groups excluding carboxylic acids is 2. The summed E-state index contributed by atoms with van der Waals surface area (Å²) in [7, 11) is 0. The van der Waals surface area contributed by atoms with Gasteiger partial charge in [-0.2, -0.15) is 0 Å². The zero-order valence-electron chi connectivity index (χ0n) is 25.3. The Bertz CT molecular complexity index is 1590. The maximum absolute atomic E-state index is 13.0. The fourth-order valence-corrected chi connectivity index (χ4v) is 6.06. The standard InChI is InChI=1S/C34H34N4O9/c1-2-16-42-31(40)26(36-34(41)45-17-25-23-14-8-6-12-21(23)22-13-7-9-15-24(22)25)18-43-33-28(37-38-35)29(39)30-27(46-33)19-44-32(47-30)20-10-4-3-5-11-20/h2-15,25-30,32-33,39H,1,16-19H2,(H,36,41)/t26-,27+,28+,29+,30-,32?,33-/m0/s1. The number of rotatable bonds is 11. The first-order valence-corrected chi connectivity index (χ1v) is 15.2. The molecule has 3 aromatic carbocycles. The van der Waals surface area contributed by atoms with Gasteiger partial charge in [-0.1, -0.05) is 96.6 Å². The summed E-state index contributed by atoms with van der Waals surface area (Å²) < 4.78 is 34.5. The summed E-state index contributed by atoms with van der Waals surface area (Å²) >= 11 is 0. The first kappa shape index (κ1) is 32.2. The van der Waals surface area contributed by atoms with Gasteiger partial charge >= 0.3 is 12.1 Å². The van der Waals surface area contributed by atoms with Gasteiger partial charge < -0.3 is 38.8 Å². The minimum absolute atomic E-state index is 0.0269. The third-order valence-corrected chi connectivity index (χ3v) is 8.28. The molecule has 2 fully saturated rings. The van der Waals surface area contributed by atoms with Crippen molar-refractivity contribution in [3.63, 3.8) is 0 Å². The number of fused-ring (bicyclic) bond motifs is 4. The number of azide groups is 1. The summed E-state index contributed by atoms with van der Waals surface area (Å²) in [4.78, 5) is 28.8. The largest absolute Gasteiger partial charge is 0.460 e. The molecule has 13 nitrogen and oxygen atoms in total. The normalized spacial score (nSPS) is 25.2. The van der Waals surface area contributed by atoms with E-state index < -0.39 is 61.6 Å². The zero-order chi connectivity index (χ0) is 32.8. The van der Waals surface area contributed by atoms with E-state index in [0.717, 1.165) is 27.8 Å². The summed E-state index contributed by atoms with van der Waals surface area (Å²) in [5.74, 6) is -1.00. The quantitative estimate of drug-likeness (QED) is 0.100. The van der Waals surface area contributed by atoms with Crippen molar-refractivity contribution in [2.75, 3.05) is 26.4 Å². The highest BCUT2D eigenvalue weighted by molar-refractivity contribution is 5.82. The summed E-state index contributed by atoms with van der Waals surface area (Å²) in [5, 5.41) is 17.4. The highest BCUT2D eigenvalue weighted by Crippen LogP contribution is 2.44. The lowest BCUT2D eigenvalue weighted by Gasteiger charge is -2.46. The van der Waals surface area contributed by atoms with E-state index in [2.05, 4.69) is 21.9 Å². The number of ether oxygens (including phenoxy) is 6. The molecule has 2 heterocycles. The van der Waals surface area contributed by atoms with Crippen molar-refractivity contribution in [1.29, 1.82) is 0 Å². The van der Waals surface area contributed by atoms with Gasteiger partial charge in [0.15, 0.2) is 18.6 Å². The SMILES string of the molecule is C=CCOC(=O)[C@H](CO[C@H]1O[C@@H]2COC(c3ccccc3)O[C@@H]2[C@H](O)[C@H]1N=[N+]=[N-])NC(=O)OCC1c2ccccc2-c2ccccc21. The number of nitrogens with zero attached hydrogens (tertiary/aromatic N) is 3. The van der Waals surface area contributed by atoms with Gasteiger partial charge in [0, 0.05) is 16.4 Å². The number of aliphatic hydroxyl groups is 1. The van der Waals surface area contributed by atoms with Gasteiger partial charge in [0.1, 0.15) is 31.5 Å². The minimum atomic E-state index is -1.34. The Labute approximate surface area is 270 Å². The molecule has 1 amide bonds. The Balaban J connectivity index is 1.11. The van der Waals surface area contributed by atoms with Crippen LogP contribution in [0.3, 0.4) is 0 Å². The van der Waals surface area contributed by atoms with Crippen molar-refractivity contribution in [2.45, 2.75) is 48.9 Å². The number of esters is 1. The van der Waals surface area contributed by atoms with Crippen LogP contribution < -0.4 is 5.32 Å². The fourth-order valence-electron chi connectivity index (χ4n) is 6.06. The molecule has 1 aliphatic carbocycles. The van der Waals surface area contributed by atoms with Crippen LogP contribution in [0.1, 0.15) is 28.9 Å². The molecule has 3 aromatic rings. The van der Waals surface area contributed by atoms with E-state index in [4.69, 9.17) is 28.4 Å². The molecule has 0 bridgehead atoms. The molecule has 13 heteroatoms. The first-order valence-electron chi connectivity index (χ1n) is 15.2. The molecule has 0 saturated carbocycles. The Hall–Kier alpha value is -4.75. The van der Waals surface area contributed by atoms with Crippen LogP contribution in [0.2, 0.25) is 0 Å². The molecule has 6 rings (SSSR count). The van der Waals surface area contributed by atoms with Crippen LogP contribution in [-0.2, 0) is 33.2 Å². The molecule has 0 radical (unpaired) electrons. The second-order valence-corrected chi connectivity index (χ2v) is 11.2. The van der Waals surface area contributed by atoms with Gasteiger partial charge in [0.05, 0.1) is 19.3 Å². The van der Waals surface area contributed by atoms with Crippen molar-refractivity contribution in [3.05, 3.63) is 119 Å². The highest BCUT2D eigenvalue weighted by atomic mass is 16.7.